The fourth-order valence-corrected chi connectivity index (χ4v) is 4.76. The number of para-hydroxylation sites is 1. The molecule has 1 aromatic carbocycles. The second-order valence-corrected chi connectivity index (χ2v) is 9.29. The summed E-state index contributed by atoms with van der Waals surface area (Å²) in [4.78, 5) is 17.5. The molecule has 2 aromatic heterocycles. The highest BCUT2D eigenvalue weighted by molar-refractivity contribution is 6.09. The molecule has 1 fully saturated rings. The first kappa shape index (κ1) is 20.6. The molecule has 0 radical (unpaired) electrons. The Hall–Kier alpha value is -2.63. The summed E-state index contributed by atoms with van der Waals surface area (Å²) in [7, 11) is 0. The van der Waals surface area contributed by atoms with Gasteiger partial charge in [-0.25, -0.2) is 4.98 Å². The van der Waals surface area contributed by atoms with E-state index in [2.05, 4.69) is 41.8 Å². The number of carbonyl (C=O) groups is 1. The Morgan fingerprint density at radius 2 is 1.97 bits per heavy atom. The maximum atomic E-state index is 12.9. The number of nitrogen functional groups attached to an aromatic ring is 1. The third-order valence-corrected chi connectivity index (χ3v) is 6.20. The Morgan fingerprint density at radius 1 is 1.23 bits per heavy atom. The van der Waals surface area contributed by atoms with Crippen molar-refractivity contribution < 1.29 is 4.79 Å². The van der Waals surface area contributed by atoms with Gasteiger partial charge in [-0.1, -0.05) is 44.4 Å². The monoisotopic (exact) mass is 407 g/mol. The van der Waals surface area contributed by atoms with Crippen LogP contribution in [0, 0.1) is 5.92 Å². The summed E-state index contributed by atoms with van der Waals surface area (Å²) in [5, 5.41) is 10.3. The zero-order valence-corrected chi connectivity index (χ0v) is 18.4. The van der Waals surface area contributed by atoms with Gasteiger partial charge in [0.2, 0.25) is 5.91 Å². The Balaban J connectivity index is 1.73. The van der Waals surface area contributed by atoms with E-state index in [9.17, 15) is 4.79 Å². The molecule has 3 N–H and O–H groups in total. The van der Waals surface area contributed by atoms with Crippen LogP contribution in [-0.4, -0.2) is 26.2 Å². The van der Waals surface area contributed by atoms with Gasteiger partial charge in [-0.15, -0.1) is 0 Å². The van der Waals surface area contributed by atoms with E-state index in [1.165, 1.54) is 6.42 Å². The first-order valence-electron chi connectivity index (χ1n) is 11.3. The molecule has 1 amide bonds. The van der Waals surface area contributed by atoms with Gasteiger partial charge >= 0.3 is 0 Å². The van der Waals surface area contributed by atoms with Crippen molar-refractivity contribution in [3.8, 4) is 0 Å². The molecule has 6 heteroatoms. The van der Waals surface area contributed by atoms with Crippen molar-refractivity contribution in [1.82, 2.24) is 20.1 Å². The standard InChI is InChI=1S/C24H33N5O/c1-4-14-29-19(15-24(2,3)27-23(30)16-10-6-5-7-11-16)20-17-12-8-9-13-18(17)26-22(25)21(20)28-29/h8-9,12-13,16H,4-7,10-11,14-15H2,1-3H3,(H2,25,26)(H,27,30). The van der Waals surface area contributed by atoms with Gasteiger partial charge in [0.15, 0.2) is 5.82 Å². The number of aromatic nitrogens is 3. The molecule has 0 unspecified atom stereocenters. The zero-order chi connectivity index (χ0) is 21.3. The number of anilines is 1. The second-order valence-electron chi connectivity index (χ2n) is 9.29. The molecule has 0 bridgehead atoms. The Bertz CT molecular complexity index is 1060. The molecule has 1 aliphatic rings. The first-order chi connectivity index (χ1) is 14.4. The van der Waals surface area contributed by atoms with Crippen molar-refractivity contribution in [3.63, 3.8) is 0 Å². The van der Waals surface area contributed by atoms with Gasteiger partial charge in [-0.3, -0.25) is 9.48 Å². The molecule has 0 atom stereocenters. The van der Waals surface area contributed by atoms with E-state index >= 15 is 0 Å². The maximum absolute atomic E-state index is 12.9. The smallest absolute Gasteiger partial charge is 0.223 e. The van der Waals surface area contributed by atoms with E-state index in [1.807, 2.05) is 18.2 Å². The molecule has 30 heavy (non-hydrogen) atoms. The third-order valence-electron chi connectivity index (χ3n) is 6.20. The predicted molar refractivity (Wildman–Crippen MR) is 122 cm³/mol. The van der Waals surface area contributed by atoms with Gasteiger partial charge < -0.3 is 11.1 Å². The van der Waals surface area contributed by atoms with Crippen molar-refractivity contribution in [2.45, 2.75) is 77.8 Å². The lowest BCUT2D eigenvalue weighted by atomic mass is 9.87. The van der Waals surface area contributed by atoms with E-state index < -0.39 is 0 Å². The van der Waals surface area contributed by atoms with Crippen LogP contribution in [-0.2, 0) is 17.8 Å². The Kier molecular flexibility index (Phi) is 5.67. The molecular weight excluding hydrogens is 374 g/mol. The van der Waals surface area contributed by atoms with Crippen LogP contribution in [0.3, 0.4) is 0 Å². The number of hydrogen-bond acceptors (Lipinski definition) is 4. The summed E-state index contributed by atoms with van der Waals surface area (Å²) in [6.45, 7) is 7.17. The molecule has 1 saturated carbocycles. The van der Waals surface area contributed by atoms with E-state index in [0.29, 0.717) is 12.2 Å². The fraction of sp³-hybridized carbons (Fsp3) is 0.542. The Labute approximate surface area is 178 Å². The molecule has 0 aliphatic heterocycles. The highest BCUT2D eigenvalue weighted by Gasteiger charge is 2.30. The fourth-order valence-electron chi connectivity index (χ4n) is 4.76. The number of hydrogen-bond donors (Lipinski definition) is 2. The van der Waals surface area contributed by atoms with Crippen molar-refractivity contribution in [2.24, 2.45) is 5.92 Å². The number of fused-ring (bicyclic) bond motifs is 3. The molecule has 3 aromatic rings. The molecule has 0 spiro atoms. The largest absolute Gasteiger partial charge is 0.382 e. The second kappa shape index (κ2) is 8.25. The zero-order valence-electron chi connectivity index (χ0n) is 18.4. The highest BCUT2D eigenvalue weighted by Crippen LogP contribution is 2.33. The Morgan fingerprint density at radius 3 is 2.70 bits per heavy atom. The van der Waals surface area contributed by atoms with Crippen LogP contribution in [0.15, 0.2) is 24.3 Å². The van der Waals surface area contributed by atoms with E-state index in [0.717, 1.165) is 66.1 Å². The molecular formula is C24H33N5O. The summed E-state index contributed by atoms with van der Waals surface area (Å²) < 4.78 is 2.06. The molecule has 6 nitrogen and oxygen atoms in total. The summed E-state index contributed by atoms with van der Waals surface area (Å²) >= 11 is 0. The molecule has 0 saturated heterocycles. The predicted octanol–water partition coefficient (Wildman–Crippen LogP) is 4.59. The van der Waals surface area contributed by atoms with Gasteiger partial charge in [0.1, 0.15) is 5.52 Å². The van der Waals surface area contributed by atoms with Crippen molar-refractivity contribution >= 4 is 33.5 Å². The van der Waals surface area contributed by atoms with Crippen LogP contribution in [0.1, 0.15) is 65.0 Å². The SMILES string of the molecule is CCCn1nc2c(N)nc3ccccc3c2c1CC(C)(C)NC(=O)C1CCCCC1. The average Bonchev–Trinajstić information content (AvgIpc) is 3.07. The maximum Gasteiger partial charge on any atom is 0.223 e. The topological polar surface area (TPSA) is 85.8 Å². The van der Waals surface area contributed by atoms with Gasteiger partial charge in [0.05, 0.1) is 5.52 Å². The van der Waals surface area contributed by atoms with Crippen LogP contribution in [0.4, 0.5) is 5.82 Å². The molecule has 1 aliphatic carbocycles. The van der Waals surface area contributed by atoms with Crippen LogP contribution < -0.4 is 11.1 Å². The quantitative estimate of drug-likeness (QED) is 0.625. The van der Waals surface area contributed by atoms with Crippen molar-refractivity contribution in [2.75, 3.05) is 5.73 Å². The number of rotatable bonds is 6. The number of nitrogens with two attached hydrogens (primary N) is 1. The summed E-state index contributed by atoms with van der Waals surface area (Å²) in [5.41, 5.74) is 8.65. The number of nitrogens with zero attached hydrogens (tertiary/aromatic N) is 3. The van der Waals surface area contributed by atoms with Crippen LogP contribution >= 0.6 is 0 Å². The van der Waals surface area contributed by atoms with Crippen LogP contribution in [0.2, 0.25) is 0 Å². The first-order valence-corrected chi connectivity index (χ1v) is 11.3. The van der Waals surface area contributed by atoms with Crippen molar-refractivity contribution in [1.29, 1.82) is 0 Å². The minimum absolute atomic E-state index is 0.149. The number of aryl methyl sites for hydroxylation is 1. The van der Waals surface area contributed by atoms with E-state index in [4.69, 9.17) is 10.8 Å². The van der Waals surface area contributed by atoms with Gasteiger partial charge in [0.25, 0.3) is 0 Å². The lowest BCUT2D eigenvalue weighted by Gasteiger charge is -2.30. The van der Waals surface area contributed by atoms with E-state index in [-0.39, 0.29) is 17.4 Å². The van der Waals surface area contributed by atoms with Crippen LogP contribution in [0.25, 0.3) is 21.8 Å². The normalized spacial score (nSPS) is 15.7. The average molecular weight is 408 g/mol. The minimum Gasteiger partial charge on any atom is -0.382 e. The van der Waals surface area contributed by atoms with Crippen LogP contribution in [0.5, 0.6) is 0 Å². The van der Waals surface area contributed by atoms with Gasteiger partial charge in [-0.2, -0.15) is 5.10 Å². The van der Waals surface area contributed by atoms with Gasteiger partial charge in [0, 0.05) is 40.9 Å². The number of amides is 1. The van der Waals surface area contributed by atoms with Crippen molar-refractivity contribution in [3.05, 3.63) is 30.0 Å². The number of benzene rings is 1. The number of pyridine rings is 1. The minimum atomic E-state index is -0.383. The lowest BCUT2D eigenvalue weighted by Crippen LogP contribution is -2.48. The number of carbonyl (C=O) groups excluding carboxylic acids is 1. The van der Waals surface area contributed by atoms with Gasteiger partial charge in [-0.05, 0) is 39.2 Å². The number of nitrogens with one attached hydrogen (secondary N) is 1. The molecule has 2 heterocycles. The molecule has 160 valence electrons. The third kappa shape index (κ3) is 4.00. The highest BCUT2D eigenvalue weighted by atomic mass is 16.2. The summed E-state index contributed by atoms with van der Waals surface area (Å²) in [6.07, 6.45) is 7.24. The van der Waals surface area contributed by atoms with E-state index in [1.54, 1.807) is 0 Å². The summed E-state index contributed by atoms with van der Waals surface area (Å²) in [5.74, 6) is 0.802. The summed E-state index contributed by atoms with van der Waals surface area (Å²) in [6, 6.07) is 8.07. The lowest BCUT2D eigenvalue weighted by molar-refractivity contribution is -0.127. The molecule has 4 rings (SSSR count).